The van der Waals surface area contributed by atoms with Crippen molar-refractivity contribution in [2.45, 2.75) is 37.0 Å². The van der Waals surface area contributed by atoms with Crippen molar-refractivity contribution in [1.82, 2.24) is 10.2 Å². The van der Waals surface area contributed by atoms with Gasteiger partial charge in [-0.15, -0.1) is 0 Å². The standard InChI is InChI=1S/C16H23F3N2O4S/c1-11(9-25-10-16(17,18)19)20-15(22)21(3)12(2)13-5-7-14(8-6-13)26(4,23)24/h5-8,11-12H,9-10H2,1-4H3,(H,20,22). The lowest BCUT2D eigenvalue weighted by molar-refractivity contribution is -0.174. The number of nitrogens with zero attached hydrogens (tertiary/aromatic N) is 1. The van der Waals surface area contributed by atoms with E-state index in [4.69, 9.17) is 0 Å². The monoisotopic (exact) mass is 396 g/mol. The first-order valence-electron chi connectivity index (χ1n) is 7.79. The quantitative estimate of drug-likeness (QED) is 0.769. The predicted octanol–water partition coefficient (Wildman–Crippen LogP) is 2.76. The second kappa shape index (κ2) is 8.72. The molecular weight excluding hydrogens is 373 g/mol. The van der Waals surface area contributed by atoms with Crippen LogP contribution in [0.15, 0.2) is 29.2 Å². The number of halogens is 3. The van der Waals surface area contributed by atoms with E-state index >= 15 is 0 Å². The molecule has 1 N–H and O–H groups in total. The lowest BCUT2D eigenvalue weighted by Gasteiger charge is -2.27. The van der Waals surface area contributed by atoms with Crippen LogP contribution in [0.5, 0.6) is 0 Å². The van der Waals surface area contributed by atoms with E-state index in [0.29, 0.717) is 0 Å². The molecule has 26 heavy (non-hydrogen) atoms. The molecule has 10 heteroatoms. The van der Waals surface area contributed by atoms with Gasteiger partial charge in [0.2, 0.25) is 0 Å². The van der Waals surface area contributed by atoms with E-state index in [2.05, 4.69) is 10.1 Å². The summed E-state index contributed by atoms with van der Waals surface area (Å²) in [7, 11) is -1.77. The molecule has 1 aromatic rings. The van der Waals surface area contributed by atoms with Crippen molar-refractivity contribution in [3.8, 4) is 0 Å². The van der Waals surface area contributed by atoms with E-state index in [1.54, 1.807) is 19.1 Å². The average Bonchev–Trinajstić information content (AvgIpc) is 2.51. The number of hydrogen-bond acceptors (Lipinski definition) is 4. The van der Waals surface area contributed by atoms with Crippen LogP contribution in [-0.2, 0) is 14.6 Å². The fourth-order valence-electron chi connectivity index (χ4n) is 2.10. The Kier molecular flexibility index (Phi) is 7.45. The molecule has 2 atom stereocenters. The number of urea groups is 1. The highest BCUT2D eigenvalue weighted by Crippen LogP contribution is 2.21. The Labute approximate surface area is 151 Å². The highest BCUT2D eigenvalue weighted by atomic mass is 32.2. The summed E-state index contributed by atoms with van der Waals surface area (Å²) in [5.41, 5.74) is 0.719. The largest absolute Gasteiger partial charge is 0.411 e. The fraction of sp³-hybridized carbons (Fsp3) is 0.562. The van der Waals surface area contributed by atoms with Gasteiger partial charge in [0.25, 0.3) is 0 Å². The Balaban J connectivity index is 2.61. The van der Waals surface area contributed by atoms with Crippen molar-refractivity contribution >= 4 is 15.9 Å². The maximum Gasteiger partial charge on any atom is 0.411 e. The zero-order valence-electron chi connectivity index (χ0n) is 15.0. The summed E-state index contributed by atoms with van der Waals surface area (Å²) in [6.07, 6.45) is -3.31. The number of hydrogen-bond donors (Lipinski definition) is 1. The molecule has 148 valence electrons. The summed E-state index contributed by atoms with van der Waals surface area (Å²) in [6.45, 7) is 1.65. The van der Waals surface area contributed by atoms with Gasteiger partial charge in [0, 0.05) is 13.3 Å². The topological polar surface area (TPSA) is 75.7 Å². The molecule has 0 aliphatic carbocycles. The lowest BCUT2D eigenvalue weighted by atomic mass is 10.1. The van der Waals surface area contributed by atoms with Gasteiger partial charge in [-0.05, 0) is 31.5 Å². The number of rotatable bonds is 7. The summed E-state index contributed by atoms with van der Waals surface area (Å²) in [5.74, 6) is 0. The van der Waals surface area contributed by atoms with Gasteiger partial charge in [-0.2, -0.15) is 13.2 Å². The third-order valence-corrected chi connectivity index (χ3v) is 4.82. The molecule has 0 aliphatic rings. The highest BCUT2D eigenvalue weighted by molar-refractivity contribution is 7.90. The van der Waals surface area contributed by atoms with Crippen LogP contribution >= 0.6 is 0 Å². The number of ether oxygens (including phenoxy) is 1. The van der Waals surface area contributed by atoms with E-state index in [9.17, 15) is 26.4 Å². The lowest BCUT2D eigenvalue weighted by Crippen LogP contribution is -2.44. The fourth-order valence-corrected chi connectivity index (χ4v) is 2.73. The minimum absolute atomic E-state index is 0.177. The minimum atomic E-state index is -4.41. The molecule has 2 amide bonds. The number of carbonyl (C=O) groups is 1. The third-order valence-electron chi connectivity index (χ3n) is 3.70. The number of carbonyl (C=O) groups excluding carboxylic acids is 1. The smallest absolute Gasteiger partial charge is 0.370 e. The number of amides is 2. The van der Waals surface area contributed by atoms with E-state index < -0.39 is 34.7 Å². The number of sulfone groups is 1. The normalized spacial score (nSPS) is 14.6. The molecule has 1 aromatic carbocycles. The van der Waals surface area contributed by atoms with Gasteiger partial charge in [-0.25, -0.2) is 13.2 Å². The van der Waals surface area contributed by atoms with Crippen LogP contribution in [0.3, 0.4) is 0 Å². The van der Waals surface area contributed by atoms with Gasteiger partial charge in [-0.1, -0.05) is 12.1 Å². The summed E-state index contributed by atoms with van der Waals surface area (Å²) in [6, 6.07) is 4.69. The van der Waals surface area contributed by atoms with Crippen LogP contribution in [0.4, 0.5) is 18.0 Å². The van der Waals surface area contributed by atoms with Gasteiger partial charge in [-0.3, -0.25) is 0 Å². The first kappa shape index (κ1) is 22.2. The predicted molar refractivity (Wildman–Crippen MR) is 90.6 cm³/mol. The van der Waals surface area contributed by atoms with Crippen LogP contribution in [0.25, 0.3) is 0 Å². The molecule has 6 nitrogen and oxygen atoms in total. The Bertz CT molecular complexity index is 705. The molecule has 0 saturated heterocycles. The van der Waals surface area contributed by atoms with E-state index in [0.717, 1.165) is 11.8 Å². The van der Waals surface area contributed by atoms with Crippen LogP contribution in [0, 0.1) is 0 Å². The van der Waals surface area contributed by atoms with E-state index in [-0.39, 0.29) is 17.5 Å². The Morgan fingerprint density at radius 2 is 1.77 bits per heavy atom. The molecule has 1 rings (SSSR count). The molecule has 0 fully saturated rings. The Morgan fingerprint density at radius 3 is 2.23 bits per heavy atom. The summed E-state index contributed by atoms with van der Waals surface area (Å²) in [5, 5.41) is 2.55. The van der Waals surface area contributed by atoms with E-state index in [1.807, 2.05) is 0 Å². The number of alkyl halides is 3. The maximum atomic E-state index is 12.2. The Morgan fingerprint density at radius 1 is 1.23 bits per heavy atom. The van der Waals surface area contributed by atoms with Crippen molar-refractivity contribution < 1.29 is 31.1 Å². The van der Waals surface area contributed by atoms with Crippen molar-refractivity contribution in [2.24, 2.45) is 0 Å². The van der Waals surface area contributed by atoms with Crippen molar-refractivity contribution in [2.75, 3.05) is 26.5 Å². The molecule has 0 bridgehead atoms. The second-order valence-corrected chi connectivity index (χ2v) is 8.12. The van der Waals surface area contributed by atoms with Crippen molar-refractivity contribution in [3.05, 3.63) is 29.8 Å². The molecule has 0 saturated carbocycles. The van der Waals surface area contributed by atoms with Gasteiger partial charge >= 0.3 is 12.2 Å². The van der Waals surface area contributed by atoms with E-state index in [1.165, 1.54) is 31.0 Å². The third kappa shape index (κ3) is 7.20. The number of nitrogens with one attached hydrogen (secondary N) is 1. The molecule has 0 aromatic heterocycles. The van der Waals surface area contributed by atoms with Gasteiger partial charge in [0.15, 0.2) is 9.84 Å². The molecule has 0 aliphatic heterocycles. The van der Waals surface area contributed by atoms with Gasteiger partial charge < -0.3 is 15.0 Å². The molecule has 2 unspecified atom stereocenters. The maximum absolute atomic E-state index is 12.2. The zero-order valence-corrected chi connectivity index (χ0v) is 15.8. The molecular formula is C16H23F3N2O4S. The average molecular weight is 396 g/mol. The summed E-state index contributed by atoms with van der Waals surface area (Å²) < 4.78 is 63.6. The summed E-state index contributed by atoms with van der Waals surface area (Å²) in [4.78, 5) is 13.7. The number of benzene rings is 1. The second-order valence-electron chi connectivity index (χ2n) is 6.11. The van der Waals surface area contributed by atoms with Gasteiger partial charge in [0.1, 0.15) is 6.61 Å². The van der Waals surface area contributed by atoms with Crippen LogP contribution in [0.1, 0.15) is 25.5 Å². The minimum Gasteiger partial charge on any atom is -0.370 e. The van der Waals surface area contributed by atoms with Crippen LogP contribution in [-0.4, -0.2) is 58.1 Å². The van der Waals surface area contributed by atoms with Crippen molar-refractivity contribution in [3.63, 3.8) is 0 Å². The first-order chi connectivity index (χ1) is 11.8. The van der Waals surface area contributed by atoms with Crippen LogP contribution in [0.2, 0.25) is 0 Å². The Hall–Kier alpha value is -1.81. The highest BCUT2D eigenvalue weighted by Gasteiger charge is 2.28. The first-order valence-corrected chi connectivity index (χ1v) is 9.68. The molecule has 0 heterocycles. The summed E-state index contributed by atoms with van der Waals surface area (Å²) >= 11 is 0. The molecule has 0 radical (unpaired) electrons. The molecule has 0 spiro atoms. The SMILES string of the molecule is CC(COCC(F)(F)F)NC(=O)N(C)C(C)c1ccc(S(C)(=O)=O)cc1. The van der Waals surface area contributed by atoms with Gasteiger partial charge in [0.05, 0.1) is 23.6 Å². The zero-order chi connectivity index (χ0) is 20.1. The van der Waals surface area contributed by atoms with Crippen molar-refractivity contribution in [1.29, 1.82) is 0 Å². The van der Waals surface area contributed by atoms with Crippen LogP contribution < -0.4 is 5.32 Å².